The van der Waals surface area contributed by atoms with Gasteiger partial charge in [0, 0.05) is 20.0 Å². The maximum absolute atomic E-state index is 12.3. The SMILES string of the molecule is CN1CC(C(=O)NC(CC(=O)O)c2ccc(OC(F)(F)F)cc2)CC1=O. The molecule has 1 aliphatic rings. The summed E-state index contributed by atoms with van der Waals surface area (Å²) in [5.41, 5.74) is 0.313. The molecule has 0 radical (unpaired) electrons. The third-order valence-electron chi connectivity index (χ3n) is 3.92. The topological polar surface area (TPSA) is 95.9 Å². The number of hydrogen-bond acceptors (Lipinski definition) is 4. The largest absolute Gasteiger partial charge is 0.573 e. The Hall–Kier alpha value is -2.78. The molecule has 0 aromatic heterocycles. The number of rotatable bonds is 6. The standard InChI is InChI=1S/C16H17F3N2O5/c1-21-8-10(6-13(21)22)15(25)20-12(7-14(23)24)9-2-4-11(5-3-9)26-16(17,18)19/h2-5,10,12H,6-8H2,1H3,(H,20,25)(H,23,24). The Bertz CT molecular complexity index is 690. The molecule has 7 nitrogen and oxygen atoms in total. The van der Waals surface area contributed by atoms with E-state index in [0.717, 1.165) is 12.1 Å². The summed E-state index contributed by atoms with van der Waals surface area (Å²) in [7, 11) is 1.56. The molecule has 0 saturated carbocycles. The van der Waals surface area contributed by atoms with Gasteiger partial charge in [-0.3, -0.25) is 14.4 Å². The molecule has 1 aromatic carbocycles. The van der Waals surface area contributed by atoms with Crippen LogP contribution in [0.25, 0.3) is 0 Å². The zero-order valence-electron chi connectivity index (χ0n) is 13.7. The van der Waals surface area contributed by atoms with Crippen molar-refractivity contribution in [2.45, 2.75) is 25.2 Å². The Morgan fingerprint density at radius 1 is 1.35 bits per heavy atom. The van der Waals surface area contributed by atoms with Gasteiger partial charge in [-0.2, -0.15) is 0 Å². The summed E-state index contributed by atoms with van der Waals surface area (Å²) < 4.78 is 40.3. The number of alkyl halides is 3. The van der Waals surface area contributed by atoms with Crippen LogP contribution in [-0.2, 0) is 14.4 Å². The van der Waals surface area contributed by atoms with Gasteiger partial charge in [0.25, 0.3) is 0 Å². The van der Waals surface area contributed by atoms with Crippen LogP contribution in [-0.4, -0.2) is 47.7 Å². The number of hydrogen-bond donors (Lipinski definition) is 2. The van der Waals surface area contributed by atoms with Crippen LogP contribution in [0.4, 0.5) is 13.2 Å². The van der Waals surface area contributed by atoms with E-state index in [0.29, 0.717) is 5.56 Å². The van der Waals surface area contributed by atoms with Crippen LogP contribution >= 0.6 is 0 Å². The van der Waals surface area contributed by atoms with E-state index >= 15 is 0 Å². The number of benzene rings is 1. The van der Waals surface area contributed by atoms with Crippen LogP contribution in [0.3, 0.4) is 0 Å². The Labute approximate surface area is 146 Å². The first-order valence-electron chi connectivity index (χ1n) is 7.67. The lowest BCUT2D eigenvalue weighted by Gasteiger charge is -2.20. The fraction of sp³-hybridized carbons (Fsp3) is 0.438. The first kappa shape index (κ1) is 19.5. The molecule has 0 aliphatic carbocycles. The second-order valence-electron chi connectivity index (χ2n) is 5.95. The Kier molecular flexibility index (Phi) is 5.73. The highest BCUT2D eigenvalue weighted by Gasteiger charge is 2.34. The minimum atomic E-state index is -4.84. The van der Waals surface area contributed by atoms with E-state index in [1.807, 2.05) is 0 Å². The Morgan fingerprint density at radius 3 is 2.42 bits per heavy atom. The predicted octanol–water partition coefficient (Wildman–Crippen LogP) is 1.70. The van der Waals surface area contributed by atoms with Crippen molar-refractivity contribution in [3.8, 4) is 5.75 Å². The highest BCUT2D eigenvalue weighted by molar-refractivity contribution is 5.89. The van der Waals surface area contributed by atoms with Gasteiger partial charge in [-0.05, 0) is 17.7 Å². The smallest absolute Gasteiger partial charge is 0.481 e. The molecule has 0 bridgehead atoms. The van der Waals surface area contributed by atoms with Crippen molar-refractivity contribution in [2.75, 3.05) is 13.6 Å². The molecule has 1 aliphatic heterocycles. The zero-order valence-corrected chi connectivity index (χ0v) is 13.7. The van der Waals surface area contributed by atoms with Crippen LogP contribution in [0.1, 0.15) is 24.4 Å². The number of ether oxygens (including phenoxy) is 1. The fourth-order valence-electron chi connectivity index (χ4n) is 2.66. The predicted molar refractivity (Wildman–Crippen MR) is 82.0 cm³/mol. The summed E-state index contributed by atoms with van der Waals surface area (Å²) in [6.45, 7) is 0.225. The van der Waals surface area contributed by atoms with Gasteiger partial charge in [0.2, 0.25) is 11.8 Å². The maximum atomic E-state index is 12.3. The third kappa shape index (κ3) is 5.36. The summed E-state index contributed by atoms with van der Waals surface area (Å²) in [4.78, 5) is 36.3. The van der Waals surface area contributed by atoms with Crippen molar-refractivity contribution in [3.05, 3.63) is 29.8 Å². The third-order valence-corrected chi connectivity index (χ3v) is 3.92. The van der Waals surface area contributed by atoms with E-state index < -0.39 is 42.4 Å². The highest BCUT2D eigenvalue weighted by Crippen LogP contribution is 2.26. The summed E-state index contributed by atoms with van der Waals surface area (Å²) in [5, 5.41) is 11.6. The molecule has 2 rings (SSSR count). The van der Waals surface area contributed by atoms with Crippen molar-refractivity contribution >= 4 is 17.8 Å². The van der Waals surface area contributed by atoms with Crippen LogP contribution in [0.2, 0.25) is 0 Å². The fourth-order valence-corrected chi connectivity index (χ4v) is 2.66. The molecule has 2 unspecified atom stereocenters. The van der Waals surface area contributed by atoms with Gasteiger partial charge in [-0.1, -0.05) is 12.1 Å². The number of carbonyl (C=O) groups is 3. The number of amides is 2. The van der Waals surface area contributed by atoms with Gasteiger partial charge in [0.05, 0.1) is 18.4 Å². The van der Waals surface area contributed by atoms with Gasteiger partial charge in [-0.15, -0.1) is 13.2 Å². The van der Waals surface area contributed by atoms with Gasteiger partial charge < -0.3 is 20.1 Å². The van der Waals surface area contributed by atoms with Gasteiger partial charge >= 0.3 is 12.3 Å². The molecular weight excluding hydrogens is 357 g/mol. The number of likely N-dealkylation sites (tertiary alicyclic amines) is 1. The first-order chi connectivity index (χ1) is 12.0. The summed E-state index contributed by atoms with van der Waals surface area (Å²) in [6.07, 6.45) is -5.26. The van der Waals surface area contributed by atoms with E-state index in [1.54, 1.807) is 7.05 Å². The van der Waals surface area contributed by atoms with E-state index in [-0.39, 0.29) is 18.9 Å². The average molecular weight is 374 g/mol. The lowest BCUT2D eigenvalue weighted by Crippen LogP contribution is -2.36. The molecular formula is C16H17F3N2O5. The maximum Gasteiger partial charge on any atom is 0.573 e. The average Bonchev–Trinajstić information content (AvgIpc) is 2.85. The second kappa shape index (κ2) is 7.63. The van der Waals surface area contributed by atoms with Crippen molar-refractivity contribution in [3.63, 3.8) is 0 Å². The first-order valence-corrected chi connectivity index (χ1v) is 7.67. The lowest BCUT2D eigenvalue weighted by molar-refractivity contribution is -0.274. The Morgan fingerprint density at radius 2 is 1.96 bits per heavy atom. The molecule has 1 saturated heterocycles. The molecule has 10 heteroatoms. The lowest BCUT2D eigenvalue weighted by atomic mass is 10.0. The second-order valence-corrected chi connectivity index (χ2v) is 5.95. The molecule has 2 atom stereocenters. The van der Waals surface area contributed by atoms with Crippen LogP contribution in [0.15, 0.2) is 24.3 Å². The quantitative estimate of drug-likeness (QED) is 0.790. The molecule has 2 N–H and O–H groups in total. The van der Waals surface area contributed by atoms with E-state index in [1.165, 1.54) is 17.0 Å². The minimum Gasteiger partial charge on any atom is -0.481 e. The van der Waals surface area contributed by atoms with Crippen LogP contribution in [0, 0.1) is 5.92 Å². The number of carbonyl (C=O) groups excluding carboxylic acids is 2. The van der Waals surface area contributed by atoms with E-state index in [2.05, 4.69) is 10.1 Å². The van der Waals surface area contributed by atoms with Crippen molar-refractivity contribution in [2.24, 2.45) is 5.92 Å². The van der Waals surface area contributed by atoms with Crippen LogP contribution in [0.5, 0.6) is 5.75 Å². The number of carboxylic acids is 1. The van der Waals surface area contributed by atoms with Gasteiger partial charge in [0.15, 0.2) is 0 Å². The summed E-state index contributed by atoms with van der Waals surface area (Å²) >= 11 is 0. The normalized spacial score (nSPS) is 18.5. The van der Waals surface area contributed by atoms with Gasteiger partial charge in [0.1, 0.15) is 5.75 Å². The molecule has 26 heavy (non-hydrogen) atoms. The number of aliphatic carboxylic acids is 1. The zero-order chi connectivity index (χ0) is 19.5. The van der Waals surface area contributed by atoms with Crippen molar-refractivity contribution in [1.82, 2.24) is 10.2 Å². The van der Waals surface area contributed by atoms with E-state index in [4.69, 9.17) is 5.11 Å². The minimum absolute atomic E-state index is 0.0283. The molecule has 1 aromatic rings. The monoisotopic (exact) mass is 374 g/mol. The highest BCUT2D eigenvalue weighted by atomic mass is 19.4. The summed E-state index contributed by atoms with van der Waals surface area (Å²) in [6, 6.07) is 3.63. The molecule has 142 valence electrons. The van der Waals surface area contributed by atoms with Crippen molar-refractivity contribution in [1.29, 1.82) is 0 Å². The Balaban J connectivity index is 2.10. The molecule has 1 fully saturated rings. The molecule has 1 heterocycles. The van der Waals surface area contributed by atoms with Crippen LogP contribution < -0.4 is 10.1 Å². The van der Waals surface area contributed by atoms with Gasteiger partial charge in [-0.25, -0.2) is 0 Å². The van der Waals surface area contributed by atoms with Crippen molar-refractivity contribution < 1.29 is 37.4 Å². The number of halogens is 3. The van der Waals surface area contributed by atoms with E-state index in [9.17, 15) is 27.6 Å². The summed E-state index contributed by atoms with van der Waals surface area (Å²) in [5.74, 6) is -2.91. The number of nitrogens with zero attached hydrogens (tertiary/aromatic N) is 1. The number of carboxylic acid groups (broad SMARTS) is 1. The number of nitrogens with one attached hydrogen (secondary N) is 1. The molecule has 2 amide bonds. The molecule has 0 spiro atoms.